The molecule has 1 fully saturated rings. The van der Waals surface area contributed by atoms with Crippen molar-refractivity contribution in [2.75, 3.05) is 19.7 Å². The molecule has 108 valence electrons. The number of hydrogen-bond donors (Lipinski definition) is 2. The van der Waals surface area contributed by atoms with Gasteiger partial charge in [-0.3, -0.25) is 4.79 Å². The zero-order chi connectivity index (χ0) is 14.7. The van der Waals surface area contributed by atoms with Crippen molar-refractivity contribution in [3.8, 4) is 0 Å². The van der Waals surface area contributed by atoms with E-state index in [-0.39, 0.29) is 31.1 Å². The molecule has 1 aliphatic rings. The highest BCUT2D eigenvalue weighted by atomic mass is 19.2. The van der Waals surface area contributed by atoms with Crippen molar-refractivity contribution >= 4 is 11.7 Å². The summed E-state index contributed by atoms with van der Waals surface area (Å²) in [6, 6.07) is 2.93. The molecule has 1 saturated heterocycles. The number of halogens is 2. The summed E-state index contributed by atoms with van der Waals surface area (Å²) in [5.74, 6) is -2.72. The van der Waals surface area contributed by atoms with Crippen molar-refractivity contribution in [1.29, 1.82) is 0 Å². The maximum absolute atomic E-state index is 13.1. The highest BCUT2D eigenvalue weighted by Gasteiger charge is 2.28. The molecule has 8 heteroatoms. The lowest BCUT2D eigenvalue weighted by Crippen LogP contribution is -2.50. The molecule has 0 aliphatic carbocycles. The summed E-state index contributed by atoms with van der Waals surface area (Å²) in [7, 11) is 0. The first-order chi connectivity index (χ1) is 9.52. The summed E-state index contributed by atoms with van der Waals surface area (Å²) in [6.45, 7) is 0.567. The second-order valence-electron chi connectivity index (χ2n) is 4.26. The van der Waals surface area contributed by atoms with Crippen LogP contribution in [0.1, 0.15) is 10.4 Å². The number of hydrogen-bond acceptors (Lipinski definition) is 4. The summed E-state index contributed by atoms with van der Waals surface area (Å²) in [6.07, 6.45) is -0.719. The van der Waals surface area contributed by atoms with Crippen molar-refractivity contribution in [3.63, 3.8) is 0 Å². The average Bonchev–Trinajstić information content (AvgIpc) is 2.48. The van der Waals surface area contributed by atoms with Gasteiger partial charge < -0.3 is 20.6 Å². The predicted octanol–water partition coefficient (Wildman–Crippen LogP) is 0.552. The van der Waals surface area contributed by atoms with Gasteiger partial charge in [0, 0.05) is 12.1 Å². The minimum absolute atomic E-state index is 0.0315. The van der Waals surface area contributed by atoms with Gasteiger partial charge in [-0.05, 0) is 18.2 Å². The molecule has 1 aromatic rings. The number of carbonyl (C=O) groups is 1. The summed E-state index contributed by atoms with van der Waals surface area (Å²) < 4.78 is 31.2. The van der Waals surface area contributed by atoms with Crippen LogP contribution < -0.4 is 5.73 Å². The second-order valence-corrected chi connectivity index (χ2v) is 4.26. The number of amides is 1. The molecule has 1 aromatic carbocycles. The third-order valence-electron chi connectivity index (χ3n) is 2.97. The van der Waals surface area contributed by atoms with Crippen LogP contribution in [0, 0.1) is 11.6 Å². The van der Waals surface area contributed by atoms with E-state index in [0.717, 1.165) is 12.1 Å². The van der Waals surface area contributed by atoms with E-state index in [1.807, 2.05) is 0 Å². The maximum atomic E-state index is 13.1. The summed E-state index contributed by atoms with van der Waals surface area (Å²) in [5.41, 5.74) is 5.45. The molecule has 1 unspecified atom stereocenters. The average molecular weight is 285 g/mol. The number of carbonyl (C=O) groups excluding carboxylic acids is 1. The Kier molecular flexibility index (Phi) is 4.14. The van der Waals surface area contributed by atoms with Gasteiger partial charge in [-0.15, -0.1) is 0 Å². The molecule has 6 nitrogen and oxygen atoms in total. The van der Waals surface area contributed by atoms with Crippen molar-refractivity contribution in [1.82, 2.24) is 4.90 Å². The lowest BCUT2D eigenvalue weighted by molar-refractivity contribution is 0.00673. The lowest BCUT2D eigenvalue weighted by atomic mass is 10.1. The summed E-state index contributed by atoms with van der Waals surface area (Å²) >= 11 is 0. The van der Waals surface area contributed by atoms with E-state index >= 15 is 0 Å². The Balaban J connectivity index is 2.14. The Bertz CT molecular complexity index is 551. The molecule has 0 bridgehead atoms. The second kappa shape index (κ2) is 5.83. The highest BCUT2D eigenvalue weighted by Crippen LogP contribution is 2.14. The maximum Gasteiger partial charge on any atom is 0.254 e. The Morgan fingerprint density at radius 2 is 2.20 bits per heavy atom. The molecule has 2 rings (SSSR count). The number of nitrogens with zero attached hydrogens (tertiary/aromatic N) is 2. The Morgan fingerprint density at radius 3 is 2.85 bits per heavy atom. The van der Waals surface area contributed by atoms with Crippen LogP contribution in [0.2, 0.25) is 0 Å². The van der Waals surface area contributed by atoms with E-state index in [1.54, 1.807) is 0 Å². The summed E-state index contributed by atoms with van der Waals surface area (Å²) in [4.78, 5) is 13.5. The van der Waals surface area contributed by atoms with Crippen LogP contribution in [0.4, 0.5) is 8.78 Å². The zero-order valence-corrected chi connectivity index (χ0v) is 10.4. The first-order valence-electron chi connectivity index (χ1n) is 5.86. The van der Waals surface area contributed by atoms with Gasteiger partial charge in [0.05, 0.1) is 13.2 Å². The fraction of sp³-hybridized carbons (Fsp3) is 0.333. The monoisotopic (exact) mass is 285 g/mol. The van der Waals surface area contributed by atoms with Crippen LogP contribution in [0.15, 0.2) is 23.4 Å². The van der Waals surface area contributed by atoms with E-state index in [4.69, 9.17) is 15.7 Å². The Hall–Kier alpha value is -2.22. The lowest BCUT2D eigenvalue weighted by Gasteiger charge is -2.32. The standard InChI is InChI=1S/C12H13F2N3O3/c13-8-2-1-7(5-9(8)14)12(18)17-3-4-20-10(6-17)11(15)16-19/h1-2,5,10,19H,3-4,6H2,(H2,15,16). The van der Waals surface area contributed by atoms with E-state index < -0.39 is 23.6 Å². The van der Waals surface area contributed by atoms with E-state index in [0.29, 0.717) is 0 Å². The van der Waals surface area contributed by atoms with Gasteiger partial charge >= 0.3 is 0 Å². The van der Waals surface area contributed by atoms with Crippen molar-refractivity contribution in [2.45, 2.75) is 6.10 Å². The molecule has 0 spiro atoms. The van der Waals surface area contributed by atoms with Crippen LogP contribution in [0.3, 0.4) is 0 Å². The molecule has 3 N–H and O–H groups in total. The van der Waals surface area contributed by atoms with Gasteiger partial charge in [-0.1, -0.05) is 5.16 Å². The molecule has 1 heterocycles. The fourth-order valence-electron chi connectivity index (χ4n) is 1.89. The van der Waals surface area contributed by atoms with Crippen LogP contribution in [0.25, 0.3) is 0 Å². The van der Waals surface area contributed by atoms with Gasteiger partial charge in [0.15, 0.2) is 17.5 Å². The Labute approximate surface area is 113 Å². The van der Waals surface area contributed by atoms with Crippen molar-refractivity contribution < 1.29 is 23.5 Å². The fourth-order valence-corrected chi connectivity index (χ4v) is 1.89. The molecule has 1 amide bonds. The number of ether oxygens (including phenoxy) is 1. The largest absolute Gasteiger partial charge is 0.409 e. The molecule has 20 heavy (non-hydrogen) atoms. The quantitative estimate of drug-likeness (QED) is 0.359. The highest BCUT2D eigenvalue weighted by molar-refractivity contribution is 5.95. The van der Waals surface area contributed by atoms with Crippen molar-refractivity contribution in [3.05, 3.63) is 35.4 Å². The van der Waals surface area contributed by atoms with E-state index in [9.17, 15) is 13.6 Å². The van der Waals surface area contributed by atoms with Crippen LogP contribution in [0.5, 0.6) is 0 Å². The van der Waals surface area contributed by atoms with Gasteiger partial charge in [0.1, 0.15) is 6.10 Å². The number of amidine groups is 1. The third kappa shape index (κ3) is 2.85. The molecule has 1 aliphatic heterocycles. The molecule has 1 atom stereocenters. The number of nitrogens with two attached hydrogens (primary N) is 1. The number of rotatable bonds is 2. The normalized spacial score (nSPS) is 20.0. The number of morpholine rings is 1. The molecule has 0 aromatic heterocycles. The smallest absolute Gasteiger partial charge is 0.254 e. The van der Waals surface area contributed by atoms with Crippen molar-refractivity contribution in [2.24, 2.45) is 10.9 Å². The molecular formula is C12H13F2N3O3. The minimum atomic E-state index is -1.09. The number of benzene rings is 1. The molecule has 0 radical (unpaired) electrons. The third-order valence-corrected chi connectivity index (χ3v) is 2.97. The topological polar surface area (TPSA) is 88.2 Å². The minimum Gasteiger partial charge on any atom is -0.409 e. The van der Waals surface area contributed by atoms with Gasteiger partial charge in [0.25, 0.3) is 5.91 Å². The van der Waals surface area contributed by atoms with Gasteiger partial charge in [0.2, 0.25) is 0 Å². The molecular weight excluding hydrogens is 272 g/mol. The van der Waals surface area contributed by atoms with Crippen LogP contribution in [-0.2, 0) is 4.74 Å². The first kappa shape index (κ1) is 14.2. The van der Waals surface area contributed by atoms with E-state index in [1.165, 1.54) is 11.0 Å². The van der Waals surface area contributed by atoms with E-state index in [2.05, 4.69) is 5.16 Å². The van der Waals surface area contributed by atoms with Crippen LogP contribution in [-0.4, -0.2) is 47.7 Å². The molecule has 0 saturated carbocycles. The van der Waals surface area contributed by atoms with Gasteiger partial charge in [-0.25, -0.2) is 8.78 Å². The first-order valence-corrected chi connectivity index (χ1v) is 5.86. The number of oxime groups is 1. The van der Waals surface area contributed by atoms with Gasteiger partial charge in [-0.2, -0.15) is 0 Å². The predicted molar refractivity (Wildman–Crippen MR) is 65.4 cm³/mol. The van der Waals surface area contributed by atoms with Crippen LogP contribution >= 0.6 is 0 Å². The summed E-state index contributed by atoms with van der Waals surface area (Å²) in [5, 5.41) is 11.4. The Morgan fingerprint density at radius 1 is 1.45 bits per heavy atom. The zero-order valence-electron chi connectivity index (χ0n) is 10.4. The SMILES string of the molecule is NC(=NO)C1CN(C(=O)c2ccc(F)c(F)c2)CCO1.